The van der Waals surface area contributed by atoms with E-state index in [2.05, 4.69) is 27.3 Å². The molecule has 0 saturated carbocycles. The lowest BCUT2D eigenvalue weighted by atomic mass is 10.1. The zero-order valence-electron chi connectivity index (χ0n) is 7.27. The maximum Gasteiger partial charge on any atom is 0.387 e. The average Bonchev–Trinajstić information content (AvgIpc) is 1.98. The molecule has 0 aliphatic rings. The molecule has 72 valence electrons. The second kappa shape index (κ2) is 4.21. The topological polar surface area (TPSA) is 9.23 Å². The van der Waals surface area contributed by atoms with Gasteiger partial charge in [-0.05, 0) is 59.7 Å². The summed E-state index contributed by atoms with van der Waals surface area (Å²) in [5, 5.41) is 0. The van der Waals surface area contributed by atoms with Gasteiger partial charge in [-0.25, -0.2) is 0 Å². The number of halogens is 3. The van der Waals surface area contributed by atoms with Crippen LogP contribution in [0.1, 0.15) is 11.1 Å². The van der Waals surface area contributed by atoms with Crippen LogP contribution in [0, 0.1) is 17.4 Å². The fraction of sp³-hybridized carbons (Fsp3) is 0.333. The van der Waals surface area contributed by atoms with Gasteiger partial charge in [-0.15, -0.1) is 0 Å². The molecule has 0 aliphatic heterocycles. The van der Waals surface area contributed by atoms with E-state index in [1.165, 1.54) is 0 Å². The summed E-state index contributed by atoms with van der Waals surface area (Å²) in [4.78, 5) is 0. The summed E-state index contributed by atoms with van der Waals surface area (Å²) in [6, 6.07) is 3.22. The fourth-order valence-corrected chi connectivity index (χ4v) is 1.39. The minimum Gasteiger partial charge on any atom is -0.435 e. The molecule has 0 unspecified atom stereocenters. The molecule has 1 aromatic rings. The second-order valence-corrected chi connectivity index (χ2v) is 3.83. The van der Waals surface area contributed by atoms with Crippen LogP contribution in [0.4, 0.5) is 8.78 Å². The van der Waals surface area contributed by atoms with Gasteiger partial charge >= 0.3 is 6.61 Å². The number of benzene rings is 1. The van der Waals surface area contributed by atoms with E-state index in [9.17, 15) is 8.78 Å². The zero-order valence-corrected chi connectivity index (χ0v) is 9.43. The Morgan fingerprint density at radius 1 is 1.23 bits per heavy atom. The van der Waals surface area contributed by atoms with Gasteiger partial charge in [0.1, 0.15) is 5.75 Å². The Bertz CT molecular complexity index is 289. The van der Waals surface area contributed by atoms with E-state index in [0.717, 1.165) is 14.7 Å². The summed E-state index contributed by atoms with van der Waals surface area (Å²) < 4.78 is 29.1. The van der Waals surface area contributed by atoms with E-state index < -0.39 is 6.61 Å². The molecule has 0 fully saturated rings. The van der Waals surface area contributed by atoms with Crippen LogP contribution in [0.2, 0.25) is 0 Å². The molecule has 0 aliphatic carbocycles. The number of aryl methyl sites for hydroxylation is 2. The van der Waals surface area contributed by atoms with Gasteiger partial charge in [-0.3, -0.25) is 0 Å². The van der Waals surface area contributed by atoms with Crippen LogP contribution in [-0.4, -0.2) is 6.61 Å². The van der Waals surface area contributed by atoms with Gasteiger partial charge in [0.2, 0.25) is 0 Å². The van der Waals surface area contributed by atoms with Crippen molar-refractivity contribution in [1.29, 1.82) is 0 Å². The van der Waals surface area contributed by atoms with Gasteiger partial charge in [-0.1, -0.05) is 0 Å². The number of rotatable bonds is 2. The lowest BCUT2D eigenvalue weighted by Gasteiger charge is -2.08. The van der Waals surface area contributed by atoms with Crippen molar-refractivity contribution < 1.29 is 13.5 Å². The fourth-order valence-electron chi connectivity index (χ4n) is 1.08. The molecule has 1 nitrogen and oxygen atoms in total. The molecule has 0 radical (unpaired) electrons. The van der Waals surface area contributed by atoms with E-state index in [1.54, 1.807) is 12.1 Å². The Kier molecular flexibility index (Phi) is 3.47. The third-order valence-corrected chi connectivity index (χ3v) is 3.34. The van der Waals surface area contributed by atoms with Gasteiger partial charge in [0, 0.05) is 3.57 Å². The second-order valence-electron chi connectivity index (χ2n) is 2.75. The first kappa shape index (κ1) is 10.7. The SMILES string of the molecule is Cc1cc(OC(F)F)cc(C)c1I. The van der Waals surface area contributed by atoms with Crippen LogP contribution in [0.15, 0.2) is 12.1 Å². The number of hydrogen-bond acceptors (Lipinski definition) is 1. The van der Waals surface area contributed by atoms with Crippen LogP contribution in [0.5, 0.6) is 5.75 Å². The Balaban J connectivity index is 2.99. The molecule has 0 heterocycles. The van der Waals surface area contributed by atoms with Crippen molar-refractivity contribution in [2.75, 3.05) is 0 Å². The van der Waals surface area contributed by atoms with Crippen molar-refractivity contribution in [2.24, 2.45) is 0 Å². The van der Waals surface area contributed by atoms with Crippen molar-refractivity contribution in [3.63, 3.8) is 0 Å². The molecule has 1 aromatic carbocycles. The Morgan fingerprint density at radius 2 is 1.69 bits per heavy atom. The van der Waals surface area contributed by atoms with E-state index in [-0.39, 0.29) is 5.75 Å². The molecule has 0 aromatic heterocycles. The number of hydrogen-bond donors (Lipinski definition) is 0. The van der Waals surface area contributed by atoms with Crippen molar-refractivity contribution in [2.45, 2.75) is 20.5 Å². The highest BCUT2D eigenvalue weighted by Crippen LogP contribution is 2.24. The number of alkyl halides is 2. The summed E-state index contributed by atoms with van der Waals surface area (Å²) in [7, 11) is 0. The summed E-state index contributed by atoms with van der Waals surface area (Å²) >= 11 is 2.18. The highest BCUT2D eigenvalue weighted by molar-refractivity contribution is 14.1. The molecule has 0 atom stereocenters. The zero-order chi connectivity index (χ0) is 10.0. The standard InChI is InChI=1S/C9H9F2IO/c1-5-3-7(13-9(10)11)4-6(2)8(5)12/h3-4,9H,1-2H3. The van der Waals surface area contributed by atoms with Gasteiger partial charge < -0.3 is 4.74 Å². The van der Waals surface area contributed by atoms with Crippen LogP contribution in [-0.2, 0) is 0 Å². The monoisotopic (exact) mass is 298 g/mol. The molecule has 0 bridgehead atoms. The third-order valence-electron chi connectivity index (χ3n) is 1.64. The van der Waals surface area contributed by atoms with Gasteiger partial charge in [0.05, 0.1) is 0 Å². The maximum absolute atomic E-state index is 11.9. The minimum absolute atomic E-state index is 0.227. The molecular weight excluding hydrogens is 289 g/mol. The van der Waals surface area contributed by atoms with Crippen molar-refractivity contribution in [3.8, 4) is 5.75 Å². The summed E-state index contributed by atoms with van der Waals surface area (Å²) in [5.41, 5.74) is 1.91. The Labute approximate surface area is 89.2 Å². The van der Waals surface area contributed by atoms with Crippen LogP contribution >= 0.6 is 22.6 Å². The molecule has 0 spiro atoms. The van der Waals surface area contributed by atoms with Crippen LogP contribution < -0.4 is 4.74 Å². The van der Waals surface area contributed by atoms with E-state index in [4.69, 9.17) is 0 Å². The molecule has 1 rings (SSSR count). The molecule has 0 N–H and O–H groups in total. The van der Waals surface area contributed by atoms with Gasteiger partial charge in [0.25, 0.3) is 0 Å². The predicted molar refractivity (Wildman–Crippen MR) is 55.3 cm³/mol. The lowest BCUT2D eigenvalue weighted by molar-refractivity contribution is -0.0499. The first-order valence-electron chi connectivity index (χ1n) is 3.72. The number of ether oxygens (including phenoxy) is 1. The van der Waals surface area contributed by atoms with Gasteiger partial charge in [-0.2, -0.15) is 8.78 Å². The van der Waals surface area contributed by atoms with Crippen molar-refractivity contribution >= 4 is 22.6 Å². The van der Waals surface area contributed by atoms with Crippen LogP contribution in [0.25, 0.3) is 0 Å². The Hall–Kier alpha value is -0.390. The highest BCUT2D eigenvalue weighted by atomic mass is 127. The van der Waals surface area contributed by atoms with E-state index >= 15 is 0 Å². The van der Waals surface area contributed by atoms with E-state index in [0.29, 0.717) is 0 Å². The minimum atomic E-state index is -2.75. The summed E-state index contributed by atoms with van der Waals surface area (Å²) in [6.07, 6.45) is 0. The summed E-state index contributed by atoms with van der Waals surface area (Å²) in [5.74, 6) is 0.227. The van der Waals surface area contributed by atoms with Crippen molar-refractivity contribution in [3.05, 3.63) is 26.8 Å². The normalized spacial score (nSPS) is 10.6. The molecule has 4 heteroatoms. The average molecular weight is 298 g/mol. The first-order valence-corrected chi connectivity index (χ1v) is 4.80. The smallest absolute Gasteiger partial charge is 0.387 e. The van der Waals surface area contributed by atoms with Gasteiger partial charge in [0.15, 0.2) is 0 Å². The quantitative estimate of drug-likeness (QED) is 0.759. The largest absolute Gasteiger partial charge is 0.435 e. The highest BCUT2D eigenvalue weighted by Gasteiger charge is 2.07. The lowest BCUT2D eigenvalue weighted by Crippen LogP contribution is -2.02. The molecular formula is C9H9F2IO. The first-order chi connectivity index (χ1) is 6.00. The van der Waals surface area contributed by atoms with Crippen LogP contribution in [0.3, 0.4) is 0 Å². The maximum atomic E-state index is 11.9. The summed E-state index contributed by atoms with van der Waals surface area (Å²) in [6.45, 7) is 0.985. The molecule has 0 amide bonds. The van der Waals surface area contributed by atoms with E-state index in [1.807, 2.05) is 13.8 Å². The third kappa shape index (κ3) is 2.79. The molecule has 0 saturated heterocycles. The Morgan fingerprint density at radius 3 is 2.08 bits per heavy atom. The molecule has 13 heavy (non-hydrogen) atoms. The van der Waals surface area contributed by atoms with Crippen molar-refractivity contribution in [1.82, 2.24) is 0 Å². The predicted octanol–water partition coefficient (Wildman–Crippen LogP) is 3.51.